The van der Waals surface area contributed by atoms with Gasteiger partial charge in [-0.05, 0) is 91.3 Å². The Morgan fingerprint density at radius 3 is 2.39 bits per heavy atom. The molecule has 0 spiro atoms. The maximum atomic E-state index is 12.5. The molecule has 5 aliphatic rings. The van der Waals surface area contributed by atoms with E-state index < -0.39 is 0 Å². The van der Waals surface area contributed by atoms with Gasteiger partial charge in [0, 0.05) is 11.0 Å². The van der Waals surface area contributed by atoms with E-state index in [1.807, 2.05) is 20.8 Å². The van der Waals surface area contributed by atoms with Crippen molar-refractivity contribution >= 4 is 5.78 Å². The molecule has 1 N–H and O–H groups in total. The van der Waals surface area contributed by atoms with E-state index in [0.29, 0.717) is 5.41 Å². The lowest BCUT2D eigenvalue weighted by Gasteiger charge is -2.64. The summed E-state index contributed by atoms with van der Waals surface area (Å²) in [5, 5.41) is 10.2. The summed E-state index contributed by atoms with van der Waals surface area (Å²) in [5.74, 6) is 2.13. The van der Waals surface area contributed by atoms with Crippen molar-refractivity contribution in [2.24, 2.45) is 34.0 Å². The monoisotopic (exact) mass is 422 g/mol. The Labute approximate surface area is 189 Å². The number of aliphatic hydroxyl groups excluding tert-OH is 1. The molecule has 5 aliphatic carbocycles. The van der Waals surface area contributed by atoms with Crippen molar-refractivity contribution in [3.05, 3.63) is 46.3 Å². The van der Waals surface area contributed by atoms with E-state index in [-0.39, 0.29) is 22.4 Å². The van der Waals surface area contributed by atoms with Crippen LogP contribution >= 0.6 is 0 Å². The van der Waals surface area contributed by atoms with Gasteiger partial charge in [0.25, 0.3) is 0 Å². The predicted octanol–water partition coefficient (Wildman–Crippen LogP) is 7.88. The summed E-state index contributed by atoms with van der Waals surface area (Å²) in [6, 6.07) is 0. The largest absolute Gasteiger partial charge is 0.504 e. The molecular weight excluding hydrogens is 380 g/mol. The molecule has 3 saturated carbocycles. The third kappa shape index (κ3) is 3.07. The zero-order valence-corrected chi connectivity index (χ0v) is 20.8. The van der Waals surface area contributed by atoms with Crippen molar-refractivity contribution in [3.8, 4) is 0 Å². The summed E-state index contributed by atoms with van der Waals surface area (Å²) < 4.78 is 0. The van der Waals surface area contributed by atoms with E-state index in [9.17, 15) is 9.90 Å². The van der Waals surface area contributed by atoms with Crippen LogP contribution in [0.1, 0.15) is 93.4 Å². The van der Waals surface area contributed by atoms with Crippen LogP contribution in [-0.2, 0) is 4.79 Å². The number of fused-ring (bicyclic) bond motifs is 7. The van der Waals surface area contributed by atoms with Gasteiger partial charge in [-0.1, -0.05) is 65.7 Å². The highest BCUT2D eigenvalue weighted by atomic mass is 16.3. The smallest absolute Gasteiger partial charge is 0.220 e. The molecule has 0 aromatic rings. The Bertz CT molecular complexity index is 915. The summed E-state index contributed by atoms with van der Waals surface area (Å²) in [6.45, 7) is 15.8. The average molecular weight is 423 g/mol. The van der Waals surface area contributed by atoms with Crippen molar-refractivity contribution in [1.82, 2.24) is 0 Å². The summed E-state index contributed by atoms with van der Waals surface area (Å²) in [4.78, 5) is 12.5. The first-order chi connectivity index (χ1) is 14.6. The van der Waals surface area contributed by atoms with Crippen LogP contribution < -0.4 is 0 Å². The molecule has 2 nitrogen and oxygen atoms in total. The van der Waals surface area contributed by atoms with Gasteiger partial charge in [-0.2, -0.15) is 0 Å². The lowest BCUT2D eigenvalue weighted by atomic mass is 9.40. The molecule has 31 heavy (non-hydrogen) atoms. The first-order valence-electron chi connectivity index (χ1n) is 12.7. The summed E-state index contributed by atoms with van der Waals surface area (Å²) >= 11 is 0. The molecule has 0 saturated heterocycles. The fourth-order valence-corrected chi connectivity index (χ4v) is 8.08. The maximum Gasteiger partial charge on any atom is 0.220 e. The molecule has 6 atom stereocenters. The number of hydrogen-bond donors (Lipinski definition) is 1. The van der Waals surface area contributed by atoms with E-state index in [1.54, 1.807) is 11.6 Å². The Morgan fingerprint density at radius 2 is 1.68 bits per heavy atom. The molecule has 0 heterocycles. The Kier molecular flexibility index (Phi) is 5.47. The highest BCUT2D eigenvalue weighted by Crippen LogP contribution is 2.69. The number of allylic oxidation sites excluding steroid dienone is 7. The highest BCUT2D eigenvalue weighted by molar-refractivity contribution is 6.06. The van der Waals surface area contributed by atoms with Crippen LogP contribution in [0.25, 0.3) is 0 Å². The van der Waals surface area contributed by atoms with Crippen LogP contribution in [0.4, 0.5) is 0 Å². The normalized spacial score (nSPS) is 43.8. The Morgan fingerprint density at radius 1 is 0.968 bits per heavy atom. The van der Waals surface area contributed by atoms with E-state index in [4.69, 9.17) is 0 Å². The van der Waals surface area contributed by atoms with E-state index >= 15 is 0 Å². The summed E-state index contributed by atoms with van der Waals surface area (Å²) in [7, 11) is 0. The molecule has 3 fully saturated rings. The zero-order valence-electron chi connectivity index (χ0n) is 20.8. The summed E-state index contributed by atoms with van der Waals surface area (Å²) in [5.41, 5.74) is 5.18. The molecule has 5 rings (SSSR count). The zero-order chi connectivity index (χ0) is 22.8. The van der Waals surface area contributed by atoms with Gasteiger partial charge in [0.1, 0.15) is 0 Å². The molecule has 2 heteroatoms. The van der Waals surface area contributed by atoms with Gasteiger partial charge in [-0.3, -0.25) is 4.79 Å². The number of aliphatic hydroxyl groups is 1. The lowest BCUT2D eigenvalue weighted by Crippen LogP contribution is -2.55. The SMILES string of the molecule is CC.CC1=C(O)C(=O)C=C2C1=CC=C1C2(C)CCC2C3CC(C)CCC3(C)CCC12C. The minimum Gasteiger partial charge on any atom is -0.504 e. The first kappa shape index (κ1) is 22.6. The molecular formula is C29H42O2. The number of hydrogen-bond acceptors (Lipinski definition) is 2. The van der Waals surface area contributed by atoms with Gasteiger partial charge in [0.05, 0.1) is 0 Å². The lowest BCUT2D eigenvalue weighted by molar-refractivity contribution is -0.114. The molecule has 0 amide bonds. The third-order valence-electron chi connectivity index (χ3n) is 10.0. The van der Waals surface area contributed by atoms with Gasteiger partial charge >= 0.3 is 0 Å². The highest BCUT2D eigenvalue weighted by Gasteiger charge is 2.60. The molecule has 0 radical (unpaired) electrons. The Hall–Kier alpha value is -1.57. The van der Waals surface area contributed by atoms with Crippen molar-refractivity contribution in [1.29, 1.82) is 0 Å². The fourth-order valence-electron chi connectivity index (χ4n) is 8.08. The number of carbonyl (C=O) groups excluding carboxylic acids is 1. The quantitative estimate of drug-likeness (QED) is 0.431. The second-order valence-electron chi connectivity index (χ2n) is 11.6. The number of carbonyl (C=O) groups is 1. The van der Waals surface area contributed by atoms with Crippen molar-refractivity contribution < 1.29 is 9.90 Å². The number of ketones is 1. The first-order valence-corrected chi connectivity index (χ1v) is 12.7. The van der Waals surface area contributed by atoms with Crippen LogP contribution in [0.5, 0.6) is 0 Å². The second-order valence-corrected chi connectivity index (χ2v) is 11.6. The van der Waals surface area contributed by atoms with E-state index in [2.05, 4.69) is 39.8 Å². The van der Waals surface area contributed by atoms with Crippen molar-refractivity contribution in [2.45, 2.75) is 93.4 Å². The van der Waals surface area contributed by atoms with Gasteiger partial charge in [0.2, 0.25) is 5.78 Å². The Balaban J connectivity index is 0.00000112. The molecule has 6 unspecified atom stereocenters. The fraction of sp³-hybridized carbons (Fsp3) is 0.690. The van der Waals surface area contributed by atoms with Gasteiger partial charge in [-0.15, -0.1) is 0 Å². The van der Waals surface area contributed by atoms with Crippen LogP contribution in [0.3, 0.4) is 0 Å². The van der Waals surface area contributed by atoms with Crippen LogP contribution in [0, 0.1) is 34.0 Å². The second kappa shape index (κ2) is 7.49. The van der Waals surface area contributed by atoms with Crippen LogP contribution in [0.2, 0.25) is 0 Å². The molecule has 0 aromatic carbocycles. The average Bonchev–Trinajstić information content (AvgIpc) is 2.75. The minimum atomic E-state index is -0.221. The standard InChI is InChI=1S/C27H36O2.C2H6/c1-16-8-10-25(3)12-13-27(5)19(21(25)14-16)9-11-26(4)20-15-22(28)24(29)17(2)18(20)6-7-23(26)27;1-2/h6-7,15-16,19,21,29H,8-14H2,1-5H3;1-2H3. The van der Waals surface area contributed by atoms with Crippen molar-refractivity contribution in [2.75, 3.05) is 0 Å². The third-order valence-corrected chi connectivity index (χ3v) is 10.0. The summed E-state index contributed by atoms with van der Waals surface area (Å²) in [6.07, 6.45) is 15.5. The number of rotatable bonds is 0. The predicted molar refractivity (Wildman–Crippen MR) is 129 cm³/mol. The molecule has 0 aliphatic heterocycles. The van der Waals surface area contributed by atoms with Gasteiger partial charge in [-0.25, -0.2) is 0 Å². The maximum absolute atomic E-state index is 12.5. The van der Waals surface area contributed by atoms with Gasteiger partial charge in [0.15, 0.2) is 5.76 Å². The molecule has 0 aromatic heterocycles. The van der Waals surface area contributed by atoms with E-state index in [1.165, 1.54) is 38.5 Å². The minimum absolute atomic E-state index is 0.0787. The van der Waals surface area contributed by atoms with Crippen LogP contribution in [-0.4, -0.2) is 10.9 Å². The van der Waals surface area contributed by atoms with Crippen molar-refractivity contribution in [3.63, 3.8) is 0 Å². The molecule has 170 valence electrons. The van der Waals surface area contributed by atoms with E-state index in [0.717, 1.165) is 40.9 Å². The molecule has 0 bridgehead atoms. The topological polar surface area (TPSA) is 37.3 Å². The van der Waals surface area contributed by atoms with Gasteiger partial charge < -0.3 is 5.11 Å². The van der Waals surface area contributed by atoms with Crippen LogP contribution in [0.15, 0.2) is 46.3 Å².